The summed E-state index contributed by atoms with van der Waals surface area (Å²) in [4.78, 5) is 39.6. The summed E-state index contributed by atoms with van der Waals surface area (Å²) < 4.78 is 9.00. The van der Waals surface area contributed by atoms with E-state index in [1.165, 1.54) is 14.2 Å². The van der Waals surface area contributed by atoms with Gasteiger partial charge in [-0.15, -0.1) is 0 Å². The van der Waals surface area contributed by atoms with Crippen LogP contribution >= 0.6 is 0 Å². The lowest BCUT2D eigenvalue weighted by molar-refractivity contribution is -0.151. The van der Waals surface area contributed by atoms with E-state index in [1.807, 2.05) is 0 Å². The number of nitrogens with zero attached hydrogens (tertiary/aromatic N) is 2. The molecule has 1 aromatic rings. The molecule has 0 saturated heterocycles. The maximum atomic E-state index is 12.1. The van der Waals surface area contributed by atoms with Crippen molar-refractivity contribution in [2.45, 2.75) is 6.42 Å². The van der Waals surface area contributed by atoms with Crippen LogP contribution in [0.3, 0.4) is 0 Å². The lowest BCUT2D eigenvalue weighted by Gasteiger charge is -2.20. The van der Waals surface area contributed by atoms with Gasteiger partial charge in [0.2, 0.25) is 5.91 Å². The first-order chi connectivity index (χ1) is 9.56. The highest BCUT2D eigenvalue weighted by molar-refractivity contribution is 5.87. The molecule has 1 aromatic heterocycles. The molecule has 1 amide bonds. The number of esters is 2. The Bertz CT molecular complexity index is 457. The Morgan fingerprint density at radius 3 is 2.20 bits per heavy atom. The van der Waals surface area contributed by atoms with E-state index in [4.69, 9.17) is 0 Å². The predicted octanol–water partition coefficient (Wildman–Crippen LogP) is -0.201. The minimum Gasteiger partial charge on any atom is -0.468 e. The van der Waals surface area contributed by atoms with Crippen LogP contribution in [0.5, 0.6) is 0 Å². The van der Waals surface area contributed by atoms with Crippen molar-refractivity contribution in [3.8, 4) is 0 Å². The van der Waals surface area contributed by atoms with Gasteiger partial charge in [0.15, 0.2) is 0 Å². The van der Waals surface area contributed by atoms with Crippen molar-refractivity contribution in [1.29, 1.82) is 0 Å². The molecule has 0 aliphatic heterocycles. The third-order valence-corrected chi connectivity index (χ3v) is 2.53. The van der Waals surface area contributed by atoms with E-state index in [0.29, 0.717) is 5.56 Å². The number of aromatic nitrogens is 1. The average molecular weight is 280 g/mol. The molecule has 0 fully saturated rings. The van der Waals surface area contributed by atoms with E-state index in [2.05, 4.69) is 14.5 Å². The fourth-order valence-electron chi connectivity index (χ4n) is 1.46. The number of carbonyl (C=O) groups excluding carboxylic acids is 3. The minimum absolute atomic E-state index is 0.0435. The first-order valence-electron chi connectivity index (χ1n) is 5.87. The van der Waals surface area contributed by atoms with Crippen molar-refractivity contribution in [3.05, 3.63) is 30.1 Å². The van der Waals surface area contributed by atoms with Crippen LogP contribution in [0.1, 0.15) is 5.56 Å². The largest absolute Gasteiger partial charge is 0.468 e. The van der Waals surface area contributed by atoms with Crippen molar-refractivity contribution < 1.29 is 23.9 Å². The lowest BCUT2D eigenvalue weighted by atomic mass is 10.2. The summed E-state index contributed by atoms with van der Waals surface area (Å²) in [5.74, 6) is -1.59. The number of methoxy groups -OCH3 is 2. The molecule has 1 heterocycles. The highest BCUT2D eigenvalue weighted by Crippen LogP contribution is 2.02. The molecule has 7 nitrogen and oxygen atoms in total. The Balaban J connectivity index is 2.72. The SMILES string of the molecule is COC(=O)CN(CC(=O)OC)C(=O)Cc1cccnc1. The summed E-state index contributed by atoms with van der Waals surface area (Å²) in [7, 11) is 2.43. The van der Waals surface area contributed by atoms with E-state index < -0.39 is 11.9 Å². The Hall–Kier alpha value is -2.44. The molecular weight excluding hydrogens is 264 g/mol. The smallest absolute Gasteiger partial charge is 0.325 e. The molecule has 0 saturated carbocycles. The van der Waals surface area contributed by atoms with Crippen molar-refractivity contribution in [2.75, 3.05) is 27.3 Å². The van der Waals surface area contributed by atoms with Crippen molar-refractivity contribution in [1.82, 2.24) is 9.88 Å². The van der Waals surface area contributed by atoms with Gasteiger partial charge < -0.3 is 14.4 Å². The van der Waals surface area contributed by atoms with Gasteiger partial charge in [0, 0.05) is 12.4 Å². The van der Waals surface area contributed by atoms with E-state index in [-0.39, 0.29) is 25.4 Å². The monoisotopic (exact) mass is 280 g/mol. The van der Waals surface area contributed by atoms with Crippen molar-refractivity contribution in [3.63, 3.8) is 0 Å². The van der Waals surface area contributed by atoms with Crippen LogP contribution in [0.25, 0.3) is 0 Å². The highest BCUT2D eigenvalue weighted by Gasteiger charge is 2.21. The molecule has 0 radical (unpaired) electrons. The third-order valence-electron chi connectivity index (χ3n) is 2.53. The standard InChI is InChI=1S/C13H16N2O5/c1-19-12(17)8-15(9-13(18)20-2)11(16)6-10-4-3-5-14-7-10/h3-5,7H,6,8-9H2,1-2H3. The first-order valence-corrected chi connectivity index (χ1v) is 5.87. The van der Waals surface area contributed by atoms with Gasteiger partial charge in [-0.25, -0.2) is 0 Å². The summed E-state index contributed by atoms with van der Waals surface area (Å²) in [6.45, 7) is -0.602. The number of carbonyl (C=O) groups is 3. The van der Waals surface area contributed by atoms with Crippen LogP contribution in [0.4, 0.5) is 0 Å². The number of amides is 1. The predicted molar refractivity (Wildman–Crippen MR) is 68.6 cm³/mol. The van der Waals surface area contributed by atoms with Gasteiger partial charge in [0.05, 0.1) is 20.6 Å². The van der Waals surface area contributed by atoms with Crippen LogP contribution in [0.2, 0.25) is 0 Å². The number of hydrogen-bond donors (Lipinski definition) is 0. The molecule has 0 N–H and O–H groups in total. The van der Waals surface area contributed by atoms with Crippen molar-refractivity contribution >= 4 is 17.8 Å². The first kappa shape index (κ1) is 15.6. The summed E-state index contributed by atoms with van der Waals surface area (Å²) in [6.07, 6.45) is 3.18. The molecule has 0 aromatic carbocycles. The molecular formula is C13H16N2O5. The Morgan fingerprint density at radius 1 is 1.15 bits per heavy atom. The van der Waals surface area contributed by atoms with Crippen LogP contribution in [0, 0.1) is 0 Å². The maximum Gasteiger partial charge on any atom is 0.325 e. The van der Waals surface area contributed by atoms with Gasteiger partial charge in [0.1, 0.15) is 13.1 Å². The second kappa shape index (κ2) is 7.88. The lowest BCUT2D eigenvalue weighted by Crippen LogP contribution is -2.41. The maximum absolute atomic E-state index is 12.1. The Kier molecular flexibility index (Phi) is 6.15. The van der Waals surface area contributed by atoms with Gasteiger partial charge in [-0.1, -0.05) is 6.07 Å². The molecule has 108 valence electrons. The van der Waals surface area contributed by atoms with Crippen LogP contribution in [-0.2, 0) is 30.3 Å². The molecule has 0 spiro atoms. The molecule has 0 aliphatic rings. The molecule has 0 atom stereocenters. The zero-order valence-electron chi connectivity index (χ0n) is 11.4. The number of ether oxygens (including phenoxy) is 2. The van der Waals surface area contributed by atoms with E-state index in [9.17, 15) is 14.4 Å². The second-order valence-corrected chi connectivity index (χ2v) is 3.94. The fraction of sp³-hybridized carbons (Fsp3) is 0.385. The summed E-state index contributed by atoms with van der Waals surface area (Å²) >= 11 is 0. The zero-order chi connectivity index (χ0) is 15.0. The number of pyridine rings is 1. The number of rotatable bonds is 6. The molecule has 1 rings (SSSR count). The van der Waals surface area contributed by atoms with Gasteiger partial charge in [0.25, 0.3) is 0 Å². The minimum atomic E-state index is -0.603. The normalized spacial score (nSPS) is 9.70. The van der Waals surface area contributed by atoms with Gasteiger partial charge in [-0.2, -0.15) is 0 Å². The second-order valence-electron chi connectivity index (χ2n) is 3.94. The summed E-state index contributed by atoms with van der Waals surface area (Å²) in [5, 5.41) is 0. The molecule has 0 unspecified atom stereocenters. The zero-order valence-corrected chi connectivity index (χ0v) is 11.4. The molecule has 0 bridgehead atoms. The third kappa shape index (κ3) is 5.05. The quantitative estimate of drug-likeness (QED) is 0.671. The Labute approximate surface area is 116 Å². The van der Waals surface area contributed by atoms with Crippen molar-refractivity contribution in [2.24, 2.45) is 0 Å². The highest BCUT2D eigenvalue weighted by atomic mass is 16.5. The fourth-order valence-corrected chi connectivity index (χ4v) is 1.46. The topological polar surface area (TPSA) is 85.8 Å². The van der Waals surface area contributed by atoms with Gasteiger partial charge in [-0.3, -0.25) is 19.4 Å². The van der Waals surface area contributed by atoms with Crippen LogP contribution in [-0.4, -0.2) is 55.0 Å². The summed E-state index contributed by atoms with van der Waals surface area (Å²) in [6, 6.07) is 3.44. The van der Waals surface area contributed by atoms with E-state index >= 15 is 0 Å². The van der Waals surface area contributed by atoms with Crippen LogP contribution < -0.4 is 0 Å². The molecule has 7 heteroatoms. The van der Waals surface area contributed by atoms with Gasteiger partial charge in [-0.05, 0) is 11.6 Å². The molecule has 20 heavy (non-hydrogen) atoms. The average Bonchev–Trinajstić information content (AvgIpc) is 2.47. The van der Waals surface area contributed by atoms with Gasteiger partial charge >= 0.3 is 11.9 Å². The number of hydrogen-bond acceptors (Lipinski definition) is 6. The summed E-state index contributed by atoms with van der Waals surface area (Å²) in [5.41, 5.74) is 0.692. The molecule has 0 aliphatic carbocycles. The Morgan fingerprint density at radius 2 is 1.75 bits per heavy atom. The van der Waals surface area contributed by atoms with E-state index in [0.717, 1.165) is 4.90 Å². The van der Waals surface area contributed by atoms with E-state index in [1.54, 1.807) is 24.5 Å². The van der Waals surface area contributed by atoms with Crippen LogP contribution in [0.15, 0.2) is 24.5 Å².